The van der Waals surface area contributed by atoms with Crippen molar-refractivity contribution in [3.05, 3.63) is 0 Å². The fourth-order valence-electron chi connectivity index (χ4n) is 2.09. The Kier molecular flexibility index (Phi) is 5.40. The van der Waals surface area contributed by atoms with Gasteiger partial charge in [0.2, 0.25) is 5.91 Å². The minimum absolute atomic E-state index is 0.0909. The highest BCUT2D eigenvalue weighted by atomic mass is 16.2. The summed E-state index contributed by atoms with van der Waals surface area (Å²) in [5, 5.41) is 6.28. The van der Waals surface area contributed by atoms with Gasteiger partial charge in [0.25, 0.3) is 0 Å². The monoisotopic (exact) mass is 241 g/mol. The van der Waals surface area contributed by atoms with Crippen molar-refractivity contribution in [3.8, 4) is 0 Å². The smallest absolute Gasteiger partial charge is 0.234 e. The van der Waals surface area contributed by atoms with Gasteiger partial charge in [-0.25, -0.2) is 0 Å². The molecule has 1 amide bonds. The molecule has 4 nitrogen and oxygen atoms in total. The first-order chi connectivity index (χ1) is 7.93. The molecule has 0 aliphatic carbocycles. The maximum Gasteiger partial charge on any atom is 0.234 e. The van der Waals surface area contributed by atoms with Crippen molar-refractivity contribution in [2.45, 2.75) is 39.2 Å². The molecule has 1 atom stereocenters. The van der Waals surface area contributed by atoms with Crippen molar-refractivity contribution in [2.24, 2.45) is 5.92 Å². The van der Waals surface area contributed by atoms with Gasteiger partial charge < -0.3 is 15.5 Å². The van der Waals surface area contributed by atoms with Crippen LogP contribution in [0.5, 0.6) is 0 Å². The van der Waals surface area contributed by atoms with Gasteiger partial charge >= 0.3 is 0 Å². The Hall–Kier alpha value is -0.610. The molecule has 1 aliphatic rings. The van der Waals surface area contributed by atoms with Crippen LogP contribution in [0.2, 0.25) is 0 Å². The van der Waals surface area contributed by atoms with Crippen LogP contribution >= 0.6 is 0 Å². The van der Waals surface area contributed by atoms with Crippen molar-refractivity contribution >= 4 is 5.91 Å². The SMILES string of the molecule is CCC(C)(C)NC(=O)CNCC1CCN(C)C1. The Morgan fingerprint density at radius 3 is 2.71 bits per heavy atom. The zero-order valence-electron chi connectivity index (χ0n) is 11.7. The van der Waals surface area contributed by atoms with E-state index in [2.05, 4.69) is 43.4 Å². The predicted molar refractivity (Wildman–Crippen MR) is 71.0 cm³/mol. The van der Waals surface area contributed by atoms with E-state index in [0.29, 0.717) is 12.5 Å². The Morgan fingerprint density at radius 1 is 1.47 bits per heavy atom. The minimum Gasteiger partial charge on any atom is -0.350 e. The summed E-state index contributed by atoms with van der Waals surface area (Å²) in [6.45, 7) is 9.90. The highest BCUT2D eigenvalue weighted by Crippen LogP contribution is 2.12. The van der Waals surface area contributed by atoms with Crippen LogP contribution in [0.3, 0.4) is 0 Å². The summed E-state index contributed by atoms with van der Waals surface area (Å²) in [5.41, 5.74) is -0.0909. The van der Waals surface area contributed by atoms with E-state index in [0.717, 1.165) is 19.5 Å². The number of nitrogens with zero attached hydrogens (tertiary/aromatic N) is 1. The third-order valence-corrected chi connectivity index (χ3v) is 3.57. The maximum absolute atomic E-state index is 11.7. The molecule has 0 saturated carbocycles. The van der Waals surface area contributed by atoms with E-state index in [1.165, 1.54) is 13.0 Å². The lowest BCUT2D eigenvalue weighted by Gasteiger charge is -2.24. The van der Waals surface area contributed by atoms with Crippen molar-refractivity contribution in [1.29, 1.82) is 0 Å². The molecule has 1 heterocycles. The zero-order chi connectivity index (χ0) is 12.9. The second-order valence-electron chi connectivity index (χ2n) is 5.83. The molecule has 0 aromatic rings. The lowest BCUT2D eigenvalue weighted by atomic mass is 10.0. The predicted octanol–water partition coefficient (Wildman–Crippen LogP) is 0.833. The molecule has 1 unspecified atom stereocenters. The molecule has 1 saturated heterocycles. The molecule has 0 spiro atoms. The number of likely N-dealkylation sites (tertiary alicyclic amines) is 1. The minimum atomic E-state index is -0.0909. The van der Waals surface area contributed by atoms with Gasteiger partial charge in [-0.2, -0.15) is 0 Å². The number of carbonyl (C=O) groups is 1. The van der Waals surface area contributed by atoms with Crippen LogP contribution in [0.4, 0.5) is 0 Å². The number of carbonyl (C=O) groups excluding carboxylic acids is 1. The fraction of sp³-hybridized carbons (Fsp3) is 0.923. The van der Waals surface area contributed by atoms with Crippen LogP contribution in [0.15, 0.2) is 0 Å². The van der Waals surface area contributed by atoms with Gasteiger partial charge in [-0.3, -0.25) is 4.79 Å². The fourth-order valence-corrected chi connectivity index (χ4v) is 2.09. The highest BCUT2D eigenvalue weighted by molar-refractivity contribution is 5.78. The molecule has 100 valence electrons. The summed E-state index contributed by atoms with van der Waals surface area (Å²) in [6.07, 6.45) is 2.19. The molecule has 1 fully saturated rings. The number of amides is 1. The second-order valence-corrected chi connectivity index (χ2v) is 5.83. The largest absolute Gasteiger partial charge is 0.350 e. The molecular weight excluding hydrogens is 214 g/mol. The van der Waals surface area contributed by atoms with Gasteiger partial charge in [0.1, 0.15) is 0 Å². The second kappa shape index (κ2) is 6.36. The van der Waals surface area contributed by atoms with E-state index in [1.54, 1.807) is 0 Å². The number of hydrogen-bond donors (Lipinski definition) is 2. The van der Waals surface area contributed by atoms with Gasteiger partial charge in [-0.05, 0) is 52.7 Å². The van der Waals surface area contributed by atoms with Crippen molar-refractivity contribution < 1.29 is 4.79 Å². The first-order valence-corrected chi connectivity index (χ1v) is 6.63. The molecule has 0 aromatic carbocycles. The van der Waals surface area contributed by atoms with Crippen LogP contribution in [-0.2, 0) is 4.79 Å². The van der Waals surface area contributed by atoms with Gasteiger partial charge in [0.05, 0.1) is 6.54 Å². The molecule has 17 heavy (non-hydrogen) atoms. The lowest BCUT2D eigenvalue weighted by molar-refractivity contribution is -0.121. The summed E-state index contributed by atoms with van der Waals surface area (Å²) >= 11 is 0. The third-order valence-electron chi connectivity index (χ3n) is 3.57. The average Bonchev–Trinajstić information content (AvgIpc) is 2.63. The number of hydrogen-bond acceptors (Lipinski definition) is 3. The topological polar surface area (TPSA) is 44.4 Å². The summed E-state index contributed by atoms with van der Waals surface area (Å²) < 4.78 is 0. The Balaban J connectivity index is 2.12. The zero-order valence-corrected chi connectivity index (χ0v) is 11.7. The van der Waals surface area contributed by atoms with E-state index in [-0.39, 0.29) is 11.4 Å². The lowest BCUT2D eigenvalue weighted by Crippen LogP contribution is -2.47. The van der Waals surface area contributed by atoms with Crippen molar-refractivity contribution in [1.82, 2.24) is 15.5 Å². The summed E-state index contributed by atoms with van der Waals surface area (Å²) in [6, 6.07) is 0. The quantitative estimate of drug-likeness (QED) is 0.724. The van der Waals surface area contributed by atoms with Crippen molar-refractivity contribution in [3.63, 3.8) is 0 Å². The molecule has 0 radical (unpaired) electrons. The van der Waals surface area contributed by atoms with E-state index < -0.39 is 0 Å². The number of nitrogens with one attached hydrogen (secondary N) is 2. The Morgan fingerprint density at radius 2 is 2.18 bits per heavy atom. The van der Waals surface area contributed by atoms with Gasteiger partial charge in [0.15, 0.2) is 0 Å². The van der Waals surface area contributed by atoms with Crippen LogP contribution in [0.25, 0.3) is 0 Å². The van der Waals surface area contributed by atoms with Crippen LogP contribution < -0.4 is 10.6 Å². The highest BCUT2D eigenvalue weighted by Gasteiger charge is 2.20. The number of rotatable bonds is 6. The first kappa shape index (κ1) is 14.5. The van der Waals surface area contributed by atoms with E-state index >= 15 is 0 Å². The van der Waals surface area contributed by atoms with Gasteiger partial charge in [-0.1, -0.05) is 6.92 Å². The van der Waals surface area contributed by atoms with Crippen LogP contribution in [-0.4, -0.2) is 49.6 Å². The van der Waals surface area contributed by atoms with Gasteiger partial charge in [-0.15, -0.1) is 0 Å². The average molecular weight is 241 g/mol. The van der Waals surface area contributed by atoms with Crippen LogP contribution in [0.1, 0.15) is 33.6 Å². The maximum atomic E-state index is 11.7. The molecule has 4 heteroatoms. The molecule has 0 bridgehead atoms. The molecule has 0 aromatic heterocycles. The molecule has 1 rings (SSSR count). The molecule has 1 aliphatic heterocycles. The third kappa shape index (κ3) is 5.50. The van der Waals surface area contributed by atoms with E-state index in [1.807, 2.05) is 0 Å². The normalized spacial score (nSPS) is 21.8. The summed E-state index contributed by atoms with van der Waals surface area (Å²) in [7, 11) is 2.15. The van der Waals surface area contributed by atoms with Crippen molar-refractivity contribution in [2.75, 3.05) is 33.2 Å². The Labute approximate surface area is 105 Å². The van der Waals surface area contributed by atoms with Crippen LogP contribution in [0, 0.1) is 5.92 Å². The molecular formula is C13H27N3O. The first-order valence-electron chi connectivity index (χ1n) is 6.63. The van der Waals surface area contributed by atoms with Gasteiger partial charge in [0, 0.05) is 12.1 Å². The summed E-state index contributed by atoms with van der Waals surface area (Å²) in [4.78, 5) is 14.0. The van der Waals surface area contributed by atoms with E-state index in [4.69, 9.17) is 0 Å². The molecule has 2 N–H and O–H groups in total. The van der Waals surface area contributed by atoms with E-state index in [9.17, 15) is 4.79 Å². The Bertz CT molecular complexity index is 253. The summed E-state index contributed by atoms with van der Waals surface area (Å²) in [5.74, 6) is 0.801. The standard InChI is InChI=1S/C13H27N3O/c1-5-13(2,3)15-12(17)9-14-8-11-6-7-16(4)10-11/h11,14H,5-10H2,1-4H3,(H,15,17).